The first-order valence-corrected chi connectivity index (χ1v) is 8.53. The fourth-order valence-corrected chi connectivity index (χ4v) is 2.90. The Balaban J connectivity index is 1.59. The average molecular weight is 395 g/mol. The molecule has 9 heteroatoms. The Hall–Kier alpha value is -3.10. The summed E-state index contributed by atoms with van der Waals surface area (Å²) < 4.78 is 51.7. The first-order chi connectivity index (χ1) is 13.3. The van der Waals surface area contributed by atoms with E-state index in [0.717, 1.165) is 6.07 Å². The molecule has 1 aliphatic heterocycles. The van der Waals surface area contributed by atoms with Gasteiger partial charge in [-0.25, -0.2) is 9.18 Å². The van der Waals surface area contributed by atoms with Crippen LogP contribution in [0.1, 0.15) is 15.9 Å². The highest BCUT2D eigenvalue weighted by Crippen LogP contribution is 2.33. The molecule has 2 aromatic rings. The number of benzene rings is 2. The number of urea groups is 1. The smallest absolute Gasteiger partial charge is 0.335 e. The summed E-state index contributed by atoms with van der Waals surface area (Å²) >= 11 is 0. The van der Waals surface area contributed by atoms with Crippen molar-refractivity contribution in [2.75, 3.05) is 31.5 Å². The third kappa shape index (κ3) is 4.41. The van der Waals surface area contributed by atoms with Gasteiger partial charge in [0.2, 0.25) is 0 Å². The third-order valence-corrected chi connectivity index (χ3v) is 4.40. The zero-order valence-corrected chi connectivity index (χ0v) is 14.7. The third-order valence-electron chi connectivity index (χ3n) is 4.40. The molecule has 0 radical (unpaired) electrons. The largest absolute Gasteiger partial charge is 0.419 e. The molecular formula is C19H17F4N3O2. The maximum Gasteiger partial charge on any atom is 0.419 e. The fourth-order valence-electron chi connectivity index (χ4n) is 2.90. The molecule has 1 fully saturated rings. The molecule has 3 rings (SSSR count). The van der Waals surface area contributed by atoms with Gasteiger partial charge in [-0.15, -0.1) is 0 Å². The van der Waals surface area contributed by atoms with E-state index in [4.69, 9.17) is 0 Å². The molecule has 1 N–H and O–H groups in total. The molecule has 1 heterocycles. The number of piperazine rings is 1. The highest BCUT2D eigenvalue weighted by Gasteiger charge is 2.34. The molecule has 1 aliphatic rings. The van der Waals surface area contributed by atoms with Crippen LogP contribution in [0.2, 0.25) is 0 Å². The summed E-state index contributed by atoms with van der Waals surface area (Å²) in [5.74, 6) is -1.55. The van der Waals surface area contributed by atoms with Crippen molar-refractivity contribution < 1.29 is 27.2 Å². The topological polar surface area (TPSA) is 52.7 Å². The zero-order chi connectivity index (χ0) is 20.3. The summed E-state index contributed by atoms with van der Waals surface area (Å²) in [7, 11) is 0. The van der Waals surface area contributed by atoms with E-state index in [0.29, 0.717) is 30.8 Å². The number of carbonyl (C=O) groups is 2. The van der Waals surface area contributed by atoms with E-state index in [2.05, 4.69) is 5.32 Å². The molecule has 0 aliphatic carbocycles. The molecule has 1 saturated heterocycles. The van der Waals surface area contributed by atoms with E-state index < -0.39 is 23.6 Å². The van der Waals surface area contributed by atoms with Gasteiger partial charge in [0.15, 0.2) is 0 Å². The number of halogens is 4. The minimum absolute atomic E-state index is 0.144. The van der Waals surface area contributed by atoms with Gasteiger partial charge in [0, 0.05) is 37.4 Å². The second-order valence-corrected chi connectivity index (χ2v) is 6.27. The van der Waals surface area contributed by atoms with Gasteiger partial charge in [0.25, 0.3) is 5.91 Å². The van der Waals surface area contributed by atoms with Crippen molar-refractivity contribution in [1.29, 1.82) is 0 Å². The predicted molar refractivity (Wildman–Crippen MR) is 94.3 cm³/mol. The van der Waals surface area contributed by atoms with E-state index in [9.17, 15) is 27.2 Å². The second-order valence-electron chi connectivity index (χ2n) is 6.27. The van der Waals surface area contributed by atoms with Crippen LogP contribution in [-0.4, -0.2) is 47.9 Å². The van der Waals surface area contributed by atoms with E-state index in [-0.39, 0.29) is 24.7 Å². The van der Waals surface area contributed by atoms with Gasteiger partial charge < -0.3 is 15.1 Å². The number of rotatable bonds is 2. The monoisotopic (exact) mass is 395 g/mol. The van der Waals surface area contributed by atoms with Gasteiger partial charge in [-0.1, -0.05) is 18.2 Å². The average Bonchev–Trinajstić information content (AvgIpc) is 2.69. The zero-order valence-electron chi connectivity index (χ0n) is 14.7. The molecule has 3 amide bonds. The molecule has 0 bridgehead atoms. The second kappa shape index (κ2) is 7.87. The van der Waals surface area contributed by atoms with Crippen LogP contribution < -0.4 is 5.32 Å². The van der Waals surface area contributed by atoms with Crippen molar-refractivity contribution in [1.82, 2.24) is 9.80 Å². The SMILES string of the molecule is O=C(Nc1ccc(F)c(C(F)(F)F)c1)N1CCN(C(=O)c2ccccc2)CC1. The number of hydrogen-bond donors (Lipinski definition) is 1. The van der Waals surface area contributed by atoms with E-state index in [1.54, 1.807) is 35.2 Å². The van der Waals surface area contributed by atoms with Crippen LogP contribution >= 0.6 is 0 Å². The van der Waals surface area contributed by atoms with Crippen molar-refractivity contribution in [2.45, 2.75) is 6.18 Å². The summed E-state index contributed by atoms with van der Waals surface area (Å²) in [6.07, 6.45) is -4.85. The Bertz CT molecular complexity index is 863. The quantitative estimate of drug-likeness (QED) is 0.786. The van der Waals surface area contributed by atoms with Crippen LogP contribution in [0.15, 0.2) is 48.5 Å². The van der Waals surface area contributed by atoms with Crippen molar-refractivity contribution in [3.63, 3.8) is 0 Å². The fraction of sp³-hybridized carbons (Fsp3) is 0.263. The summed E-state index contributed by atoms with van der Waals surface area (Å²) in [4.78, 5) is 27.7. The maximum atomic E-state index is 13.3. The molecule has 0 saturated carbocycles. The number of nitrogens with one attached hydrogen (secondary N) is 1. The lowest BCUT2D eigenvalue weighted by atomic mass is 10.1. The molecule has 2 aromatic carbocycles. The number of anilines is 1. The molecule has 28 heavy (non-hydrogen) atoms. The maximum absolute atomic E-state index is 13.3. The first-order valence-electron chi connectivity index (χ1n) is 8.53. The highest BCUT2D eigenvalue weighted by molar-refractivity contribution is 5.94. The van der Waals surface area contributed by atoms with Gasteiger partial charge in [0.1, 0.15) is 5.82 Å². The van der Waals surface area contributed by atoms with Crippen molar-refractivity contribution >= 4 is 17.6 Å². The Labute approximate surface area is 158 Å². The Morgan fingerprint density at radius 2 is 1.50 bits per heavy atom. The Kier molecular flexibility index (Phi) is 5.53. The number of alkyl halides is 3. The first kappa shape index (κ1) is 19.7. The normalized spacial score (nSPS) is 14.7. The molecule has 0 spiro atoms. The van der Waals surface area contributed by atoms with Crippen LogP contribution in [0.3, 0.4) is 0 Å². The summed E-state index contributed by atoms with van der Waals surface area (Å²) in [5, 5.41) is 2.34. The van der Waals surface area contributed by atoms with Crippen LogP contribution in [0.25, 0.3) is 0 Å². The van der Waals surface area contributed by atoms with Gasteiger partial charge in [-0.3, -0.25) is 4.79 Å². The van der Waals surface area contributed by atoms with Gasteiger partial charge in [-0.2, -0.15) is 13.2 Å². The lowest BCUT2D eigenvalue weighted by Crippen LogP contribution is -2.51. The summed E-state index contributed by atoms with van der Waals surface area (Å²) in [5.41, 5.74) is -1.04. The minimum atomic E-state index is -4.85. The Morgan fingerprint density at radius 1 is 0.893 bits per heavy atom. The number of carbonyl (C=O) groups excluding carboxylic acids is 2. The molecule has 0 unspecified atom stereocenters. The highest BCUT2D eigenvalue weighted by atomic mass is 19.4. The standard InChI is InChI=1S/C19H17F4N3O2/c20-16-7-6-14(12-15(16)19(21,22)23)24-18(28)26-10-8-25(9-11-26)17(27)13-4-2-1-3-5-13/h1-7,12H,8-11H2,(H,24,28). The Morgan fingerprint density at radius 3 is 2.11 bits per heavy atom. The molecule has 0 aromatic heterocycles. The van der Waals surface area contributed by atoms with E-state index >= 15 is 0 Å². The number of hydrogen-bond acceptors (Lipinski definition) is 2. The molecule has 5 nitrogen and oxygen atoms in total. The van der Waals surface area contributed by atoms with Gasteiger partial charge in [-0.05, 0) is 30.3 Å². The lowest BCUT2D eigenvalue weighted by molar-refractivity contribution is -0.139. The van der Waals surface area contributed by atoms with Crippen molar-refractivity contribution in [3.05, 3.63) is 65.5 Å². The van der Waals surface area contributed by atoms with E-state index in [1.807, 2.05) is 0 Å². The van der Waals surface area contributed by atoms with Gasteiger partial charge >= 0.3 is 12.2 Å². The summed E-state index contributed by atoms with van der Waals surface area (Å²) in [6, 6.07) is 10.4. The molecule has 0 atom stereocenters. The molecular weight excluding hydrogens is 378 g/mol. The van der Waals surface area contributed by atoms with Crippen molar-refractivity contribution in [3.8, 4) is 0 Å². The van der Waals surface area contributed by atoms with Crippen LogP contribution in [0.5, 0.6) is 0 Å². The molecule has 148 valence electrons. The van der Waals surface area contributed by atoms with E-state index in [1.165, 1.54) is 4.90 Å². The number of nitrogens with zero attached hydrogens (tertiary/aromatic N) is 2. The van der Waals surface area contributed by atoms with Crippen molar-refractivity contribution in [2.24, 2.45) is 0 Å². The van der Waals surface area contributed by atoms with Crippen LogP contribution in [-0.2, 0) is 6.18 Å². The van der Waals surface area contributed by atoms with Crippen LogP contribution in [0, 0.1) is 5.82 Å². The van der Waals surface area contributed by atoms with Gasteiger partial charge in [0.05, 0.1) is 5.56 Å². The minimum Gasteiger partial charge on any atom is -0.335 e. The predicted octanol–water partition coefficient (Wildman–Crippen LogP) is 3.83. The van der Waals surface area contributed by atoms with Crippen LogP contribution in [0.4, 0.5) is 28.0 Å². The lowest BCUT2D eigenvalue weighted by Gasteiger charge is -2.34. The number of amides is 3. The summed E-state index contributed by atoms with van der Waals surface area (Å²) in [6.45, 7) is 1.08.